The number of rotatable bonds is 6. The molecule has 1 heterocycles. The molecule has 0 fully saturated rings. The van der Waals surface area contributed by atoms with E-state index >= 15 is 0 Å². The molecule has 2 rings (SSSR count). The van der Waals surface area contributed by atoms with E-state index in [2.05, 4.69) is 10.3 Å². The summed E-state index contributed by atoms with van der Waals surface area (Å²) < 4.78 is 5.02. The van der Waals surface area contributed by atoms with Crippen molar-refractivity contribution in [1.29, 1.82) is 5.26 Å². The van der Waals surface area contributed by atoms with Gasteiger partial charge in [0.1, 0.15) is 11.8 Å². The number of hydrogen-bond donors (Lipinski definition) is 2. The zero-order valence-electron chi connectivity index (χ0n) is 12.8. The predicted molar refractivity (Wildman–Crippen MR) is 87.4 cm³/mol. The number of esters is 1. The van der Waals surface area contributed by atoms with E-state index in [1.807, 2.05) is 36.4 Å². The Morgan fingerprint density at radius 1 is 1.35 bits per heavy atom. The van der Waals surface area contributed by atoms with Crippen molar-refractivity contribution in [3.63, 3.8) is 0 Å². The number of anilines is 2. The minimum Gasteiger partial charge on any atom is -0.466 e. The van der Waals surface area contributed by atoms with Crippen molar-refractivity contribution in [2.45, 2.75) is 19.4 Å². The molecule has 2 aromatic rings. The zero-order chi connectivity index (χ0) is 16.7. The summed E-state index contributed by atoms with van der Waals surface area (Å²) in [5.74, 6) is 0.0612. The molecule has 1 aromatic heterocycles. The summed E-state index contributed by atoms with van der Waals surface area (Å²) in [4.78, 5) is 16.0. The van der Waals surface area contributed by atoms with Gasteiger partial charge in [-0.25, -0.2) is 4.98 Å². The van der Waals surface area contributed by atoms with E-state index in [4.69, 9.17) is 15.7 Å². The van der Waals surface area contributed by atoms with E-state index in [1.165, 1.54) is 0 Å². The summed E-state index contributed by atoms with van der Waals surface area (Å²) >= 11 is 0. The van der Waals surface area contributed by atoms with Gasteiger partial charge in [0, 0.05) is 0 Å². The number of nitrogens with zero attached hydrogens (tertiary/aromatic N) is 2. The number of aromatic nitrogens is 1. The quantitative estimate of drug-likeness (QED) is 0.795. The maximum Gasteiger partial charge on any atom is 0.308 e. The number of nitrogens with two attached hydrogens (primary N) is 1. The Kier molecular flexibility index (Phi) is 5.53. The van der Waals surface area contributed by atoms with Crippen LogP contribution in [0.2, 0.25) is 0 Å². The molecule has 1 unspecified atom stereocenters. The molecule has 0 spiro atoms. The number of nitrogens with one attached hydrogen (secondary N) is 1. The highest BCUT2D eigenvalue weighted by molar-refractivity contribution is 5.72. The highest BCUT2D eigenvalue weighted by atomic mass is 16.5. The van der Waals surface area contributed by atoms with E-state index in [-0.39, 0.29) is 24.1 Å². The largest absolute Gasteiger partial charge is 0.466 e. The second-order valence-corrected chi connectivity index (χ2v) is 4.86. The lowest BCUT2D eigenvalue weighted by atomic mass is 10.0. The maximum absolute atomic E-state index is 11.9. The molecule has 0 saturated heterocycles. The van der Waals surface area contributed by atoms with E-state index < -0.39 is 0 Å². The fourth-order valence-electron chi connectivity index (χ4n) is 2.14. The molecule has 0 bridgehead atoms. The van der Waals surface area contributed by atoms with Crippen LogP contribution in [-0.4, -0.2) is 17.6 Å². The van der Waals surface area contributed by atoms with Crippen LogP contribution in [0.4, 0.5) is 11.5 Å². The Labute approximate surface area is 134 Å². The van der Waals surface area contributed by atoms with Gasteiger partial charge in [-0.15, -0.1) is 0 Å². The number of nitrogen functional groups attached to an aromatic ring is 1. The van der Waals surface area contributed by atoms with Crippen molar-refractivity contribution >= 4 is 17.5 Å². The van der Waals surface area contributed by atoms with Crippen molar-refractivity contribution in [3.05, 3.63) is 53.7 Å². The molecule has 23 heavy (non-hydrogen) atoms. The third-order valence-corrected chi connectivity index (χ3v) is 3.23. The first-order chi connectivity index (χ1) is 11.1. The first-order valence-electron chi connectivity index (χ1n) is 7.27. The monoisotopic (exact) mass is 310 g/mol. The summed E-state index contributed by atoms with van der Waals surface area (Å²) in [5, 5.41) is 12.1. The van der Waals surface area contributed by atoms with Crippen LogP contribution in [0.5, 0.6) is 0 Å². The number of nitriles is 1. The van der Waals surface area contributed by atoms with Gasteiger partial charge in [-0.2, -0.15) is 5.26 Å². The lowest BCUT2D eigenvalue weighted by Crippen LogP contribution is -2.18. The average molecular weight is 310 g/mol. The van der Waals surface area contributed by atoms with Crippen LogP contribution < -0.4 is 11.1 Å². The first kappa shape index (κ1) is 16.3. The molecule has 118 valence electrons. The van der Waals surface area contributed by atoms with Crippen molar-refractivity contribution in [3.8, 4) is 6.07 Å². The molecule has 6 nitrogen and oxygen atoms in total. The van der Waals surface area contributed by atoms with Crippen LogP contribution >= 0.6 is 0 Å². The molecule has 0 aliphatic carbocycles. The van der Waals surface area contributed by atoms with Crippen molar-refractivity contribution in [2.75, 3.05) is 17.7 Å². The van der Waals surface area contributed by atoms with E-state index in [9.17, 15) is 4.79 Å². The lowest BCUT2D eigenvalue weighted by molar-refractivity contribution is -0.143. The molecule has 0 amide bonds. The lowest BCUT2D eigenvalue weighted by Gasteiger charge is -2.20. The average Bonchev–Trinajstić information content (AvgIpc) is 2.57. The second kappa shape index (κ2) is 7.80. The van der Waals surface area contributed by atoms with Gasteiger partial charge < -0.3 is 15.8 Å². The predicted octanol–water partition coefficient (Wildman–Crippen LogP) is 2.64. The number of carbonyl (C=O) groups excluding carboxylic acids is 1. The van der Waals surface area contributed by atoms with Crippen molar-refractivity contribution in [1.82, 2.24) is 4.98 Å². The highest BCUT2D eigenvalue weighted by Crippen LogP contribution is 2.25. The van der Waals surface area contributed by atoms with Crippen molar-refractivity contribution in [2.24, 2.45) is 0 Å². The molecule has 6 heteroatoms. The number of hydrogen-bond acceptors (Lipinski definition) is 6. The highest BCUT2D eigenvalue weighted by Gasteiger charge is 2.18. The first-order valence-corrected chi connectivity index (χ1v) is 7.27. The standard InChI is InChI=1S/C17H18N4O2/c1-2-23-16(22)10-15(12-6-4-3-5-7-12)21-17-14(19)9-8-13(11-18)20-17/h3-9,15H,2,10,19H2,1H3,(H,20,21). The van der Waals surface area contributed by atoms with Gasteiger partial charge in [-0.05, 0) is 24.6 Å². The Hall–Kier alpha value is -3.07. The smallest absolute Gasteiger partial charge is 0.308 e. The van der Waals surface area contributed by atoms with Gasteiger partial charge in [0.2, 0.25) is 0 Å². The van der Waals surface area contributed by atoms with E-state index in [0.29, 0.717) is 18.1 Å². The van der Waals surface area contributed by atoms with Crippen LogP contribution in [0, 0.1) is 11.3 Å². The van der Waals surface area contributed by atoms with Crippen LogP contribution in [0.1, 0.15) is 30.6 Å². The molecule has 0 radical (unpaired) electrons. The Balaban J connectivity index is 2.28. The van der Waals surface area contributed by atoms with E-state index in [1.54, 1.807) is 19.1 Å². The summed E-state index contributed by atoms with van der Waals surface area (Å²) in [6, 6.07) is 14.3. The summed E-state index contributed by atoms with van der Waals surface area (Å²) in [6.45, 7) is 2.09. The van der Waals surface area contributed by atoms with Crippen LogP contribution in [0.15, 0.2) is 42.5 Å². The third kappa shape index (κ3) is 4.45. The number of benzene rings is 1. The molecule has 0 saturated carbocycles. The second-order valence-electron chi connectivity index (χ2n) is 4.86. The van der Waals surface area contributed by atoms with Crippen LogP contribution in [0.3, 0.4) is 0 Å². The third-order valence-electron chi connectivity index (χ3n) is 3.23. The summed E-state index contributed by atoms with van der Waals surface area (Å²) in [7, 11) is 0. The molecular formula is C17H18N4O2. The van der Waals surface area contributed by atoms with E-state index in [0.717, 1.165) is 5.56 Å². The molecule has 3 N–H and O–H groups in total. The van der Waals surface area contributed by atoms with Gasteiger partial charge in [0.25, 0.3) is 0 Å². The van der Waals surface area contributed by atoms with Gasteiger partial charge in [-0.1, -0.05) is 30.3 Å². The molecule has 0 aliphatic heterocycles. The molecule has 1 atom stereocenters. The topological polar surface area (TPSA) is 101 Å². The van der Waals surface area contributed by atoms with Gasteiger partial charge in [0.05, 0.1) is 24.8 Å². The van der Waals surface area contributed by atoms with Gasteiger partial charge >= 0.3 is 5.97 Å². The maximum atomic E-state index is 11.9. The minimum atomic E-state index is -0.348. The Morgan fingerprint density at radius 3 is 2.74 bits per heavy atom. The fourth-order valence-corrected chi connectivity index (χ4v) is 2.14. The summed E-state index contributed by atoms with van der Waals surface area (Å²) in [6.07, 6.45) is 0.135. The SMILES string of the molecule is CCOC(=O)CC(Nc1nc(C#N)ccc1N)c1ccccc1. The van der Waals surface area contributed by atoms with Crippen molar-refractivity contribution < 1.29 is 9.53 Å². The molecule has 0 aliphatic rings. The number of carbonyl (C=O) groups is 1. The van der Waals surface area contributed by atoms with Gasteiger partial charge in [0.15, 0.2) is 5.82 Å². The van der Waals surface area contributed by atoms with Gasteiger partial charge in [-0.3, -0.25) is 4.79 Å². The Morgan fingerprint density at radius 2 is 2.09 bits per heavy atom. The zero-order valence-corrected chi connectivity index (χ0v) is 12.8. The molecular weight excluding hydrogens is 292 g/mol. The fraction of sp³-hybridized carbons (Fsp3) is 0.235. The minimum absolute atomic E-state index is 0.135. The Bertz CT molecular complexity index is 710. The van der Waals surface area contributed by atoms with Crippen LogP contribution in [0.25, 0.3) is 0 Å². The number of pyridine rings is 1. The van der Waals surface area contributed by atoms with Crippen LogP contribution in [-0.2, 0) is 9.53 Å². The summed E-state index contributed by atoms with van der Waals surface area (Å²) in [5.41, 5.74) is 7.48. The normalized spacial score (nSPS) is 11.3. The number of ether oxygens (including phenoxy) is 1. The molecule has 1 aromatic carbocycles.